The molecule has 1 fully saturated rings. The minimum absolute atomic E-state index is 0. The highest BCUT2D eigenvalue weighted by Gasteiger charge is 2.16. The Labute approximate surface area is 140 Å². The third-order valence-electron chi connectivity index (χ3n) is 3.54. The predicted octanol–water partition coefficient (Wildman–Crippen LogP) is 1.84. The zero-order valence-electron chi connectivity index (χ0n) is 12.3. The number of ether oxygens (including phenoxy) is 2. The van der Waals surface area contributed by atoms with Crippen LogP contribution in [0.25, 0.3) is 0 Å². The van der Waals surface area contributed by atoms with Gasteiger partial charge in [0, 0.05) is 29.7 Å². The molecule has 2 heterocycles. The summed E-state index contributed by atoms with van der Waals surface area (Å²) >= 11 is 1.67. The smallest absolute Gasteiger partial charge is 0.221 e. The maximum atomic E-state index is 11.8. The standard InChI is InChI=1S/C15H20N2O3S.ClH/c18-15(17-11-3-5-16-10-11)4-8-21-12-1-2-13-14(9-12)20-7-6-19-13;/h1-2,9,11,16H,3-8,10H2,(H,17,18);1H. The van der Waals surface area contributed by atoms with Gasteiger partial charge in [0.1, 0.15) is 13.2 Å². The van der Waals surface area contributed by atoms with E-state index in [4.69, 9.17) is 9.47 Å². The molecule has 0 radical (unpaired) electrons. The van der Waals surface area contributed by atoms with Crippen molar-refractivity contribution >= 4 is 30.1 Å². The van der Waals surface area contributed by atoms with Crippen LogP contribution < -0.4 is 20.1 Å². The minimum Gasteiger partial charge on any atom is -0.486 e. The van der Waals surface area contributed by atoms with Crippen LogP contribution in [-0.2, 0) is 4.79 Å². The average Bonchev–Trinajstić information content (AvgIpc) is 3.00. The summed E-state index contributed by atoms with van der Waals surface area (Å²) in [4.78, 5) is 12.9. The molecule has 1 unspecified atom stereocenters. The third-order valence-corrected chi connectivity index (χ3v) is 4.53. The van der Waals surface area contributed by atoms with Crippen molar-refractivity contribution in [1.29, 1.82) is 0 Å². The Hall–Kier alpha value is -1.11. The van der Waals surface area contributed by atoms with Crippen LogP contribution in [-0.4, -0.2) is 44.0 Å². The van der Waals surface area contributed by atoms with Gasteiger partial charge in [0.05, 0.1) is 0 Å². The molecule has 7 heteroatoms. The number of carbonyl (C=O) groups excluding carboxylic acids is 1. The van der Waals surface area contributed by atoms with E-state index < -0.39 is 0 Å². The molecular weight excluding hydrogens is 324 g/mol. The van der Waals surface area contributed by atoms with Gasteiger partial charge in [-0.05, 0) is 31.2 Å². The fraction of sp³-hybridized carbons (Fsp3) is 0.533. The number of fused-ring (bicyclic) bond motifs is 1. The van der Waals surface area contributed by atoms with Gasteiger partial charge in [-0.15, -0.1) is 24.2 Å². The zero-order chi connectivity index (χ0) is 14.5. The molecule has 22 heavy (non-hydrogen) atoms. The first-order chi connectivity index (χ1) is 10.3. The molecule has 3 rings (SSSR count). The van der Waals surface area contributed by atoms with E-state index in [-0.39, 0.29) is 18.3 Å². The lowest BCUT2D eigenvalue weighted by molar-refractivity contribution is -0.121. The molecule has 2 aliphatic rings. The van der Waals surface area contributed by atoms with Crippen molar-refractivity contribution in [3.63, 3.8) is 0 Å². The van der Waals surface area contributed by atoms with Gasteiger partial charge in [0.15, 0.2) is 11.5 Å². The first-order valence-electron chi connectivity index (χ1n) is 7.34. The van der Waals surface area contributed by atoms with Crippen LogP contribution in [0.1, 0.15) is 12.8 Å². The molecule has 2 N–H and O–H groups in total. The average molecular weight is 345 g/mol. The number of halogens is 1. The topological polar surface area (TPSA) is 59.6 Å². The van der Waals surface area contributed by atoms with E-state index in [1.807, 2.05) is 18.2 Å². The van der Waals surface area contributed by atoms with Crippen molar-refractivity contribution in [2.24, 2.45) is 0 Å². The number of amides is 1. The van der Waals surface area contributed by atoms with Gasteiger partial charge in [-0.25, -0.2) is 0 Å². The van der Waals surface area contributed by atoms with Crippen molar-refractivity contribution in [2.45, 2.75) is 23.8 Å². The lowest BCUT2D eigenvalue weighted by Crippen LogP contribution is -2.36. The Morgan fingerprint density at radius 1 is 1.32 bits per heavy atom. The SMILES string of the molecule is Cl.O=C(CCSc1ccc2c(c1)OCCO2)NC1CCNC1. The Balaban J connectivity index is 0.00000176. The number of carbonyl (C=O) groups is 1. The van der Waals surface area contributed by atoms with Gasteiger partial charge in [0.2, 0.25) is 5.91 Å². The lowest BCUT2D eigenvalue weighted by Gasteiger charge is -2.18. The molecule has 0 spiro atoms. The molecule has 1 aromatic carbocycles. The Morgan fingerprint density at radius 2 is 2.14 bits per heavy atom. The van der Waals surface area contributed by atoms with E-state index in [1.54, 1.807) is 11.8 Å². The first kappa shape index (κ1) is 17.2. The molecule has 1 atom stereocenters. The van der Waals surface area contributed by atoms with E-state index >= 15 is 0 Å². The number of benzene rings is 1. The molecule has 5 nitrogen and oxygen atoms in total. The fourth-order valence-corrected chi connectivity index (χ4v) is 3.33. The van der Waals surface area contributed by atoms with Gasteiger partial charge in [0.25, 0.3) is 0 Å². The van der Waals surface area contributed by atoms with Crippen LogP contribution >= 0.6 is 24.2 Å². The Bertz CT molecular complexity index is 510. The maximum Gasteiger partial charge on any atom is 0.221 e. The summed E-state index contributed by atoms with van der Waals surface area (Å²) < 4.78 is 11.0. The molecule has 0 bridgehead atoms. The molecular formula is C15H21ClN2O3S. The zero-order valence-corrected chi connectivity index (χ0v) is 13.9. The summed E-state index contributed by atoms with van der Waals surface area (Å²) in [7, 11) is 0. The Morgan fingerprint density at radius 3 is 2.91 bits per heavy atom. The second-order valence-corrected chi connectivity index (χ2v) is 6.33. The van der Waals surface area contributed by atoms with Crippen molar-refractivity contribution in [2.75, 3.05) is 32.1 Å². The van der Waals surface area contributed by atoms with Crippen LogP contribution in [0.3, 0.4) is 0 Å². The lowest BCUT2D eigenvalue weighted by atomic mass is 10.2. The Kier molecular flexibility index (Phi) is 6.67. The van der Waals surface area contributed by atoms with Gasteiger partial charge in [-0.1, -0.05) is 0 Å². The summed E-state index contributed by atoms with van der Waals surface area (Å²) in [6, 6.07) is 6.23. The maximum absolute atomic E-state index is 11.8. The third kappa shape index (κ3) is 4.69. The quantitative estimate of drug-likeness (QED) is 0.798. The minimum atomic E-state index is 0. The number of rotatable bonds is 5. The van der Waals surface area contributed by atoms with Crippen LogP contribution in [0.5, 0.6) is 11.5 Å². The van der Waals surface area contributed by atoms with Crippen LogP contribution in [0.15, 0.2) is 23.1 Å². The van der Waals surface area contributed by atoms with E-state index in [0.717, 1.165) is 41.7 Å². The van der Waals surface area contributed by atoms with Gasteiger partial charge in [-0.3, -0.25) is 4.79 Å². The van der Waals surface area contributed by atoms with Gasteiger partial charge < -0.3 is 20.1 Å². The molecule has 0 aliphatic carbocycles. The first-order valence-corrected chi connectivity index (χ1v) is 8.32. The molecule has 1 saturated heterocycles. The van der Waals surface area contributed by atoms with Crippen molar-refractivity contribution in [3.8, 4) is 11.5 Å². The number of nitrogens with one attached hydrogen (secondary N) is 2. The largest absolute Gasteiger partial charge is 0.486 e. The number of thioether (sulfide) groups is 1. The van der Waals surface area contributed by atoms with Crippen LogP contribution in [0.2, 0.25) is 0 Å². The highest BCUT2D eigenvalue weighted by Crippen LogP contribution is 2.34. The van der Waals surface area contributed by atoms with E-state index in [2.05, 4.69) is 10.6 Å². The van der Waals surface area contributed by atoms with Crippen LogP contribution in [0.4, 0.5) is 0 Å². The highest BCUT2D eigenvalue weighted by molar-refractivity contribution is 7.99. The number of hydrogen-bond acceptors (Lipinski definition) is 5. The molecule has 1 amide bonds. The van der Waals surface area contributed by atoms with Gasteiger partial charge >= 0.3 is 0 Å². The molecule has 1 aromatic rings. The molecule has 122 valence electrons. The molecule has 0 aromatic heterocycles. The summed E-state index contributed by atoms with van der Waals surface area (Å²) in [5, 5.41) is 6.30. The molecule has 2 aliphatic heterocycles. The summed E-state index contributed by atoms with van der Waals surface area (Å²) in [5.41, 5.74) is 0. The highest BCUT2D eigenvalue weighted by atomic mass is 35.5. The van der Waals surface area contributed by atoms with E-state index in [9.17, 15) is 4.79 Å². The summed E-state index contributed by atoms with van der Waals surface area (Å²) in [6.07, 6.45) is 1.57. The van der Waals surface area contributed by atoms with E-state index in [0.29, 0.717) is 25.7 Å². The molecule has 0 saturated carbocycles. The van der Waals surface area contributed by atoms with Crippen LogP contribution in [0, 0.1) is 0 Å². The predicted molar refractivity (Wildman–Crippen MR) is 89.4 cm³/mol. The normalized spacial score (nSPS) is 19.4. The monoisotopic (exact) mass is 344 g/mol. The fourth-order valence-electron chi connectivity index (χ4n) is 2.45. The summed E-state index contributed by atoms with van der Waals surface area (Å²) in [6.45, 7) is 3.09. The number of hydrogen-bond donors (Lipinski definition) is 2. The van der Waals surface area contributed by atoms with Crippen molar-refractivity contribution in [1.82, 2.24) is 10.6 Å². The van der Waals surface area contributed by atoms with Crippen molar-refractivity contribution in [3.05, 3.63) is 18.2 Å². The van der Waals surface area contributed by atoms with Crippen molar-refractivity contribution < 1.29 is 14.3 Å². The summed E-state index contributed by atoms with van der Waals surface area (Å²) in [5.74, 6) is 2.50. The van der Waals surface area contributed by atoms with E-state index in [1.165, 1.54) is 0 Å². The second-order valence-electron chi connectivity index (χ2n) is 5.16. The van der Waals surface area contributed by atoms with Gasteiger partial charge in [-0.2, -0.15) is 0 Å². The second kappa shape index (κ2) is 8.50.